The summed E-state index contributed by atoms with van der Waals surface area (Å²) in [4.78, 5) is 39.5. The molecule has 0 unspecified atom stereocenters. The summed E-state index contributed by atoms with van der Waals surface area (Å²) in [5.41, 5.74) is 0.581. The van der Waals surface area contributed by atoms with Crippen LogP contribution in [0.2, 0.25) is 0 Å². The van der Waals surface area contributed by atoms with Gasteiger partial charge < -0.3 is 36.2 Å². The Morgan fingerprint density at radius 3 is 2.17 bits per heavy atom. The number of aliphatic carboxylic acids is 1. The van der Waals surface area contributed by atoms with Crippen LogP contribution in [-0.2, 0) is 20.8 Å². The van der Waals surface area contributed by atoms with Crippen LogP contribution in [0, 0.1) is 0 Å². The number of phenolic OH excluding ortho intramolecular Hbond substituents is 1. The second-order valence-corrected chi connectivity index (χ2v) is 6.34. The van der Waals surface area contributed by atoms with E-state index in [0.717, 1.165) is 6.92 Å². The molecule has 2 amide bonds. The fourth-order valence-corrected chi connectivity index (χ4v) is 2.37. The highest BCUT2D eigenvalue weighted by molar-refractivity contribution is 5.93. The van der Waals surface area contributed by atoms with Crippen LogP contribution < -0.4 is 15.7 Å². The number of carbonyl (C=O) groups is 3. The molecule has 6 N–H and O–H groups in total. The molecule has 1 aromatic rings. The number of hydrogen-bond donors (Lipinski definition) is 6. The lowest BCUT2D eigenvalue weighted by Gasteiger charge is -2.24. The van der Waals surface area contributed by atoms with Gasteiger partial charge in [0, 0.05) is 6.42 Å². The number of nitrogens with zero attached hydrogens (tertiary/aromatic N) is 1. The van der Waals surface area contributed by atoms with Crippen molar-refractivity contribution in [1.82, 2.24) is 10.6 Å². The van der Waals surface area contributed by atoms with Crippen LogP contribution in [0.15, 0.2) is 29.3 Å². The molecule has 1 rings (SSSR count). The lowest BCUT2D eigenvalue weighted by atomic mass is 10.0. The SMILES string of the molecule is CC([O-])=N[C@@H](Cc1ccc(O)cc1)C(=O)N[C@H](C(=O)N[C@@H](CO)C(=O)O)[C@@H](C)O. The van der Waals surface area contributed by atoms with Gasteiger partial charge in [-0.05, 0) is 37.4 Å². The zero-order valence-electron chi connectivity index (χ0n) is 15.9. The molecule has 0 fully saturated rings. The monoisotopic (exact) mass is 410 g/mol. The molecular weight excluding hydrogens is 386 g/mol. The van der Waals surface area contributed by atoms with Crippen molar-refractivity contribution in [2.45, 2.75) is 44.5 Å². The Kier molecular flexibility index (Phi) is 9.03. The van der Waals surface area contributed by atoms with E-state index in [1.54, 1.807) is 0 Å². The van der Waals surface area contributed by atoms with Gasteiger partial charge in [0.2, 0.25) is 11.8 Å². The van der Waals surface area contributed by atoms with Gasteiger partial charge in [0.25, 0.3) is 0 Å². The van der Waals surface area contributed by atoms with Gasteiger partial charge in [0.1, 0.15) is 23.9 Å². The topological polar surface area (TPSA) is 192 Å². The van der Waals surface area contributed by atoms with E-state index in [1.165, 1.54) is 31.2 Å². The maximum atomic E-state index is 12.6. The van der Waals surface area contributed by atoms with Crippen molar-refractivity contribution >= 4 is 23.7 Å². The van der Waals surface area contributed by atoms with Crippen LogP contribution in [0.3, 0.4) is 0 Å². The fourth-order valence-electron chi connectivity index (χ4n) is 2.37. The summed E-state index contributed by atoms with van der Waals surface area (Å²) >= 11 is 0. The van der Waals surface area contributed by atoms with Gasteiger partial charge in [0.05, 0.1) is 12.7 Å². The molecule has 11 heteroatoms. The second kappa shape index (κ2) is 11.0. The normalized spacial score (nSPS) is 15.7. The van der Waals surface area contributed by atoms with Gasteiger partial charge in [0.15, 0.2) is 0 Å². The van der Waals surface area contributed by atoms with Crippen molar-refractivity contribution < 1.29 is 39.9 Å². The van der Waals surface area contributed by atoms with Crippen molar-refractivity contribution in [2.75, 3.05) is 6.61 Å². The van der Waals surface area contributed by atoms with E-state index in [9.17, 15) is 29.7 Å². The average Bonchev–Trinajstić information content (AvgIpc) is 2.64. The predicted molar refractivity (Wildman–Crippen MR) is 99.0 cm³/mol. The summed E-state index contributed by atoms with van der Waals surface area (Å²) in [6.07, 6.45) is -1.42. The highest BCUT2D eigenvalue weighted by atomic mass is 16.4. The summed E-state index contributed by atoms with van der Waals surface area (Å²) in [5, 5.41) is 52.7. The maximum Gasteiger partial charge on any atom is 0.328 e. The number of nitrogens with one attached hydrogen (secondary N) is 2. The van der Waals surface area contributed by atoms with Crippen LogP contribution in [0.25, 0.3) is 0 Å². The van der Waals surface area contributed by atoms with Gasteiger partial charge >= 0.3 is 5.97 Å². The molecule has 0 saturated heterocycles. The van der Waals surface area contributed by atoms with Crippen molar-refractivity contribution in [2.24, 2.45) is 4.99 Å². The first kappa shape index (κ1) is 23.9. The van der Waals surface area contributed by atoms with Crippen molar-refractivity contribution in [1.29, 1.82) is 0 Å². The van der Waals surface area contributed by atoms with E-state index in [4.69, 9.17) is 10.2 Å². The number of carboxylic acid groups (broad SMARTS) is 1. The summed E-state index contributed by atoms with van der Waals surface area (Å²) in [5.74, 6) is -3.98. The van der Waals surface area contributed by atoms with E-state index in [0.29, 0.717) is 5.56 Å². The Bertz CT molecular complexity index is 744. The van der Waals surface area contributed by atoms with Crippen LogP contribution in [-0.4, -0.2) is 74.9 Å². The molecular formula is C18H24N3O8-. The van der Waals surface area contributed by atoms with Gasteiger partial charge in [-0.25, -0.2) is 4.79 Å². The molecule has 0 radical (unpaired) electrons. The first-order chi connectivity index (χ1) is 13.5. The molecule has 11 nitrogen and oxygen atoms in total. The number of aliphatic hydroxyl groups is 2. The zero-order valence-corrected chi connectivity index (χ0v) is 15.9. The molecule has 0 bridgehead atoms. The number of rotatable bonds is 10. The Morgan fingerprint density at radius 1 is 1.14 bits per heavy atom. The minimum Gasteiger partial charge on any atom is -0.862 e. The van der Waals surface area contributed by atoms with Crippen LogP contribution in [0.4, 0.5) is 0 Å². The van der Waals surface area contributed by atoms with Crippen LogP contribution in [0.1, 0.15) is 19.4 Å². The van der Waals surface area contributed by atoms with Crippen molar-refractivity contribution in [3.63, 3.8) is 0 Å². The lowest BCUT2D eigenvalue weighted by Crippen LogP contribution is -2.57. The van der Waals surface area contributed by atoms with Crippen molar-refractivity contribution in [3.05, 3.63) is 29.8 Å². The highest BCUT2D eigenvalue weighted by Crippen LogP contribution is 2.13. The third-order valence-electron chi connectivity index (χ3n) is 3.87. The number of benzene rings is 1. The van der Waals surface area contributed by atoms with Crippen LogP contribution in [0.5, 0.6) is 5.75 Å². The first-order valence-corrected chi connectivity index (χ1v) is 8.67. The number of aliphatic hydroxyl groups excluding tert-OH is 2. The van der Waals surface area contributed by atoms with E-state index in [2.05, 4.69) is 10.3 Å². The standard InChI is InChI=1S/C18H25N3O8/c1-9(23)15(17(27)20-14(8-22)18(28)29)21-16(26)13(19-10(2)24)7-11-3-5-12(25)6-4-11/h3-6,9,13-15,22-23,25H,7-8H2,1-2H3,(H,19,24)(H,20,27)(H,21,26)(H,28,29)/p-1/t9-,13+,14+,15+/m1/s1. The Labute approximate surface area is 166 Å². The predicted octanol–water partition coefficient (Wildman–Crippen LogP) is -2.49. The van der Waals surface area contributed by atoms with Crippen LogP contribution >= 0.6 is 0 Å². The summed E-state index contributed by atoms with van der Waals surface area (Å²) in [6.45, 7) is 1.47. The largest absolute Gasteiger partial charge is 0.862 e. The van der Waals surface area contributed by atoms with Crippen molar-refractivity contribution in [3.8, 4) is 5.75 Å². The minimum atomic E-state index is -1.62. The molecule has 1 aromatic carbocycles. The molecule has 0 spiro atoms. The molecule has 0 aliphatic carbocycles. The van der Waals surface area contributed by atoms with Gasteiger partial charge in [-0.2, -0.15) is 0 Å². The number of carboxylic acids is 1. The highest BCUT2D eigenvalue weighted by Gasteiger charge is 2.31. The number of carbonyl (C=O) groups excluding carboxylic acids is 2. The third-order valence-corrected chi connectivity index (χ3v) is 3.87. The summed E-state index contributed by atoms with van der Waals surface area (Å²) < 4.78 is 0. The van der Waals surface area contributed by atoms with E-state index < -0.39 is 54.5 Å². The molecule has 0 aliphatic rings. The molecule has 29 heavy (non-hydrogen) atoms. The third kappa shape index (κ3) is 7.76. The zero-order chi connectivity index (χ0) is 22.1. The second-order valence-electron chi connectivity index (χ2n) is 6.34. The fraction of sp³-hybridized carbons (Fsp3) is 0.444. The summed E-state index contributed by atoms with van der Waals surface area (Å²) in [7, 11) is 0. The maximum absolute atomic E-state index is 12.6. The number of aromatic hydroxyl groups is 1. The summed E-state index contributed by atoms with van der Waals surface area (Å²) in [6, 6.07) is 1.47. The number of hydrogen-bond acceptors (Lipinski definition) is 8. The van der Waals surface area contributed by atoms with E-state index >= 15 is 0 Å². The van der Waals surface area contributed by atoms with Gasteiger partial charge in [-0.3, -0.25) is 14.6 Å². The minimum absolute atomic E-state index is 0.0148. The van der Waals surface area contributed by atoms with E-state index in [-0.39, 0.29) is 12.2 Å². The van der Waals surface area contributed by atoms with Gasteiger partial charge in [-0.15, -0.1) is 0 Å². The Morgan fingerprint density at radius 2 is 1.72 bits per heavy atom. The first-order valence-electron chi connectivity index (χ1n) is 8.67. The molecule has 4 atom stereocenters. The molecule has 160 valence electrons. The smallest absolute Gasteiger partial charge is 0.328 e. The molecule has 0 saturated carbocycles. The average molecular weight is 410 g/mol. The number of amides is 2. The lowest BCUT2D eigenvalue weighted by molar-refractivity contribution is -0.216. The number of aliphatic imine (C=N–C) groups is 1. The van der Waals surface area contributed by atoms with E-state index in [1.807, 2.05) is 5.32 Å². The molecule has 0 aliphatic heterocycles. The Balaban J connectivity index is 2.98. The van der Waals surface area contributed by atoms with Gasteiger partial charge in [-0.1, -0.05) is 12.1 Å². The molecule has 0 aromatic heterocycles. The molecule has 0 heterocycles. The number of phenols is 1. The quantitative estimate of drug-likeness (QED) is 0.180. The Hall–Kier alpha value is -3.18.